The van der Waals surface area contributed by atoms with E-state index in [1.165, 1.54) is 29.5 Å². The third kappa shape index (κ3) is 3.76. The number of nitrogens with zero attached hydrogens (tertiary/aromatic N) is 2. The van der Waals surface area contributed by atoms with Gasteiger partial charge in [0.15, 0.2) is 5.13 Å². The maximum Gasteiger partial charge on any atom is 0.223 e. The van der Waals surface area contributed by atoms with Gasteiger partial charge >= 0.3 is 0 Å². The van der Waals surface area contributed by atoms with Crippen molar-refractivity contribution < 1.29 is 4.79 Å². The second-order valence-corrected chi connectivity index (χ2v) is 6.16. The van der Waals surface area contributed by atoms with Crippen molar-refractivity contribution in [1.82, 2.24) is 4.98 Å². The van der Waals surface area contributed by atoms with Crippen LogP contribution in [-0.4, -0.2) is 23.5 Å². The van der Waals surface area contributed by atoms with E-state index in [-0.39, 0.29) is 24.4 Å². The quantitative estimate of drug-likeness (QED) is 0.901. The Bertz CT molecular complexity index is 660. The Morgan fingerprint density at radius 1 is 1.50 bits per heavy atom. The highest BCUT2D eigenvalue weighted by molar-refractivity contribution is 7.13. The number of aromatic nitrogens is 1. The van der Waals surface area contributed by atoms with Gasteiger partial charge in [0.25, 0.3) is 0 Å². The Kier molecular flexibility index (Phi) is 5.39. The number of nitrogens with one attached hydrogen (secondary N) is 1. The molecule has 0 saturated heterocycles. The van der Waals surface area contributed by atoms with Gasteiger partial charge in [-0.15, -0.1) is 23.7 Å². The molecule has 0 aliphatic carbocycles. The van der Waals surface area contributed by atoms with Crippen LogP contribution in [0.25, 0.3) is 0 Å². The van der Waals surface area contributed by atoms with Crippen LogP contribution in [-0.2, 0) is 17.8 Å². The second-order valence-electron chi connectivity index (χ2n) is 5.30. The van der Waals surface area contributed by atoms with Crippen LogP contribution in [0.3, 0.4) is 0 Å². The first kappa shape index (κ1) is 16.7. The van der Waals surface area contributed by atoms with Crippen LogP contribution in [0.2, 0.25) is 0 Å². The van der Waals surface area contributed by atoms with E-state index < -0.39 is 0 Å². The summed E-state index contributed by atoms with van der Waals surface area (Å²) in [7, 11) is 0. The van der Waals surface area contributed by atoms with E-state index in [0.717, 1.165) is 18.7 Å². The average molecular weight is 339 g/mol. The number of anilines is 2. The summed E-state index contributed by atoms with van der Waals surface area (Å²) in [6.45, 7) is 3.02. The van der Waals surface area contributed by atoms with Gasteiger partial charge in [0.2, 0.25) is 5.91 Å². The van der Waals surface area contributed by atoms with Crippen molar-refractivity contribution in [3.8, 4) is 0 Å². The zero-order valence-corrected chi connectivity index (χ0v) is 13.9. The Labute approximate surface area is 139 Å². The SMILES string of the molecule is CC(=O)Nc1nc(CN2CC(N)Cc3ccccc32)cs1.Cl. The van der Waals surface area contributed by atoms with E-state index >= 15 is 0 Å². The zero-order chi connectivity index (χ0) is 14.8. The molecule has 0 fully saturated rings. The van der Waals surface area contributed by atoms with Gasteiger partial charge < -0.3 is 16.0 Å². The number of amides is 1. The normalized spacial score (nSPS) is 16.6. The Hall–Kier alpha value is -1.63. The van der Waals surface area contributed by atoms with Crippen molar-refractivity contribution in [2.75, 3.05) is 16.8 Å². The number of nitrogens with two attached hydrogens (primary N) is 1. The van der Waals surface area contributed by atoms with Crippen LogP contribution in [0.1, 0.15) is 18.2 Å². The van der Waals surface area contributed by atoms with Crippen molar-refractivity contribution in [2.24, 2.45) is 5.73 Å². The number of carbonyl (C=O) groups is 1. The fraction of sp³-hybridized carbons (Fsp3) is 0.333. The van der Waals surface area contributed by atoms with Crippen LogP contribution in [0.5, 0.6) is 0 Å². The third-order valence-electron chi connectivity index (χ3n) is 3.46. The fourth-order valence-electron chi connectivity index (χ4n) is 2.65. The summed E-state index contributed by atoms with van der Waals surface area (Å²) in [6, 6.07) is 8.50. The number of para-hydroxylation sites is 1. The maximum absolute atomic E-state index is 11.0. The van der Waals surface area contributed by atoms with Gasteiger partial charge in [0, 0.05) is 30.6 Å². The molecule has 3 rings (SSSR count). The molecule has 22 heavy (non-hydrogen) atoms. The number of hydrogen-bond donors (Lipinski definition) is 2. The average Bonchev–Trinajstić information content (AvgIpc) is 2.85. The van der Waals surface area contributed by atoms with Crippen molar-refractivity contribution in [1.29, 1.82) is 0 Å². The highest BCUT2D eigenvalue weighted by atomic mass is 35.5. The van der Waals surface area contributed by atoms with E-state index in [9.17, 15) is 4.79 Å². The zero-order valence-electron chi connectivity index (χ0n) is 12.3. The van der Waals surface area contributed by atoms with Gasteiger partial charge in [-0.05, 0) is 18.1 Å². The summed E-state index contributed by atoms with van der Waals surface area (Å²) < 4.78 is 0. The van der Waals surface area contributed by atoms with E-state index in [0.29, 0.717) is 11.7 Å². The molecule has 0 radical (unpaired) electrons. The van der Waals surface area contributed by atoms with E-state index in [1.54, 1.807) is 0 Å². The first-order valence-electron chi connectivity index (χ1n) is 6.92. The van der Waals surface area contributed by atoms with Crippen LogP contribution < -0.4 is 16.0 Å². The summed E-state index contributed by atoms with van der Waals surface area (Å²) in [4.78, 5) is 17.8. The molecule has 5 nitrogen and oxygen atoms in total. The predicted octanol–water partition coefficient (Wildman–Crippen LogP) is 2.41. The van der Waals surface area contributed by atoms with Crippen LogP contribution in [0, 0.1) is 0 Å². The molecule has 1 aromatic heterocycles. The van der Waals surface area contributed by atoms with Crippen LogP contribution in [0.4, 0.5) is 10.8 Å². The van der Waals surface area contributed by atoms with Gasteiger partial charge in [-0.25, -0.2) is 4.98 Å². The topological polar surface area (TPSA) is 71.2 Å². The number of fused-ring (bicyclic) bond motifs is 1. The number of carbonyl (C=O) groups excluding carboxylic acids is 1. The van der Waals surface area contributed by atoms with Crippen LogP contribution >= 0.6 is 23.7 Å². The molecule has 1 unspecified atom stereocenters. The summed E-state index contributed by atoms with van der Waals surface area (Å²) >= 11 is 1.45. The highest BCUT2D eigenvalue weighted by Crippen LogP contribution is 2.28. The largest absolute Gasteiger partial charge is 0.364 e. The van der Waals surface area contributed by atoms with Crippen molar-refractivity contribution in [3.63, 3.8) is 0 Å². The number of thiazole rings is 1. The molecule has 1 aliphatic heterocycles. The molecule has 3 N–H and O–H groups in total. The second kappa shape index (κ2) is 7.09. The number of hydrogen-bond acceptors (Lipinski definition) is 5. The lowest BCUT2D eigenvalue weighted by Gasteiger charge is -2.34. The molecular formula is C15H19ClN4OS. The highest BCUT2D eigenvalue weighted by Gasteiger charge is 2.22. The summed E-state index contributed by atoms with van der Waals surface area (Å²) in [5, 5.41) is 5.34. The molecule has 2 aromatic rings. The van der Waals surface area contributed by atoms with Gasteiger partial charge in [-0.2, -0.15) is 0 Å². The van der Waals surface area contributed by atoms with Gasteiger partial charge in [0.05, 0.1) is 12.2 Å². The van der Waals surface area contributed by atoms with Crippen LogP contribution in [0.15, 0.2) is 29.6 Å². The molecule has 2 heterocycles. The first-order valence-corrected chi connectivity index (χ1v) is 7.80. The molecule has 0 saturated carbocycles. The summed E-state index contributed by atoms with van der Waals surface area (Å²) in [5.74, 6) is -0.0961. The summed E-state index contributed by atoms with van der Waals surface area (Å²) in [6.07, 6.45) is 0.918. The fourth-order valence-corrected chi connectivity index (χ4v) is 3.40. The molecular weight excluding hydrogens is 320 g/mol. The monoisotopic (exact) mass is 338 g/mol. The van der Waals surface area contributed by atoms with Crippen molar-refractivity contribution >= 4 is 40.5 Å². The molecule has 1 atom stereocenters. The minimum atomic E-state index is -0.0961. The number of rotatable bonds is 3. The molecule has 1 aliphatic rings. The molecule has 7 heteroatoms. The van der Waals surface area contributed by atoms with E-state index in [4.69, 9.17) is 5.73 Å². The number of halogens is 1. The van der Waals surface area contributed by atoms with Crippen molar-refractivity contribution in [3.05, 3.63) is 40.9 Å². The standard InChI is InChI=1S/C15H18N4OS.ClH/c1-10(20)17-15-18-13(9-21-15)8-19-7-12(16)6-11-4-2-3-5-14(11)19;/h2-5,9,12H,6-8,16H2,1H3,(H,17,18,20);1H. The van der Waals surface area contributed by atoms with E-state index in [2.05, 4.69) is 27.3 Å². The maximum atomic E-state index is 11.0. The molecule has 1 aromatic carbocycles. The minimum absolute atomic E-state index is 0. The lowest BCUT2D eigenvalue weighted by Crippen LogP contribution is -2.42. The molecule has 0 bridgehead atoms. The first-order chi connectivity index (χ1) is 10.1. The minimum Gasteiger partial charge on any atom is -0.364 e. The smallest absolute Gasteiger partial charge is 0.223 e. The Morgan fingerprint density at radius 3 is 3.05 bits per heavy atom. The number of benzene rings is 1. The predicted molar refractivity (Wildman–Crippen MR) is 92.8 cm³/mol. The lowest BCUT2D eigenvalue weighted by molar-refractivity contribution is -0.114. The van der Waals surface area contributed by atoms with Gasteiger partial charge in [-0.1, -0.05) is 18.2 Å². The summed E-state index contributed by atoms with van der Waals surface area (Å²) in [5.41, 5.74) is 9.62. The van der Waals surface area contributed by atoms with Crippen molar-refractivity contribution in [2.45, 2.75) is 25.9 Å². The Balaban J connectivity index is 0.00000176. The molecule has 1 amide bonds. The molecule has 0 spiro atoms. The molecule has 118 valence electrons. The van der Waals surface area contributed by atoms with E-state index in [1.807, 2.05) is 17.5 Å². The third-order valence-corrected chi connectivity index (χ3v) is 4.26. The van der Waals surface area contributed by atoms with Gasteiger partial charge in [-0.3, -0.25) is 4.79 Å². The van der Waals surface area contributed by atoms with Gasteiger partial charge in [0.1, 0.15) is 0 Å². The lowest BCUT2D eigenvalue weighted by atomic mass is 9.98. The Morgan fingerprint density at radius 2 is 2.27 bits per heavy atom.